The zero-order valence-electron chi connectivity index (χ0n) is 18.7. The van der Waals surface area contributed by atoms with Crippen LogP contribution >= 0.6 is 11.6 Å². The highest BCUT2D eigenvalue weighted by molar-refractivity contribution is 6.30. The molecule has 0 unspecified atom stereocenters. The molecule has 0 atom stereocenters. The summed E-state index contributed by atoms with van der Waals surface area (Å²) >= 11 is 5.92. The molecule has 4 rings (SSSR count). The van der Waals surface area contributed by atoms with Gasteiger partial charge in [0.15, 0.2) is 5.69 Å². The second kappa shape index (κ2) is 9.44. The lowest BCUT2D eigenvalue weighted by atomic mass is 10.1. The third kappa shape index (κ3) is 4.53. The number of carbonyl (C=O) groups is 1. The zero-order valence-corrected chi connectivity index (χ0v) is 19.5. The van der Waals surface area contributed by atoms with Gasteiger partial charge in [-0.25, -0.2) is 4.79 Å². The molecule has 0 spiro atoms. The van der Waals surface area contributed by atoms with Crippen LogP contribution in [0.3, 0.4) is 0 Å². The van der Waals surface area contributed by atoms with Crippen LogP contribution in [0.4, 0.5) is 5.69 Å². The predicted octanol–water partition coefficient (Wildman–Crippen LogP) is 2.54. The Morgan fingerprint density at radius 2 is 1.82 bits per heavy atom. The number of halogens is 1. The standard InChI is InChI=1S/C23H21ClN6O4/c1-14-6-4-5-7-17(14)28(2)19(31)13-12-18-25-21(27-34-18)20-22(32)29(3)23(33)30(26-20)16-10-8-15(24)9-11-16/h4-11H,12-13H2,1-3H3. The van der Waals surface area contributed by atoms with E-state index >= 15 is 0 Å². The van der Waals surface area contributed by atoms with Crippen LogP contribution < -0.4 is 16.1 Å². The molecule has 0 aliphatic carbocycles. The molecule has 0 aliphatic heterocycles. The molecule has 0 aliphatic rings. The quantitative estimate of drug-likeness (QED) is 0.416. The molecule has 34 heavy (non-hydrogen) atoms. The van der Waals surface area contributed by atoms with Crippen molar-refractivity contribution in [2.45, 2.75) is 19.8 Å². The van der Waals surface area contributed by atoms with E-state index in [0.29, 0.717) is 10.7 Å². The Kier molecular flexibility index (Phi) is 6.42. The van der Waals surface area contributed by atoms with Gasteiger partial charge < -0.3 is 9.42 Å². The Morgan fingerprint density at radius 1 is 1.12 bits per heavy atom. The third-order valence-electron chi connectivity index (χ3n) is 5.33. The number of anilines is 1. The van der Waals surface area contributed by atoms with Crippen molar-refractivity contribution >= 4 is 23.2 Å². The monoisotopic (exact) mass is 480 g/mol. The molecule has 10 nitrogen and oxygen atoms in total. The Labute approximate surface area is 199 Å². The molecule has 0 saturated carbocycles. The number of benzene rings is 2. The molecule has 2 aromatic heterocycles. The van der Waals surface area contributed by atoms with Crippen molar-refractivity contribution in [2.24, 2.45) is 7.05 Å². The lowest BCUT2D eigenvalue weighted by Crippen LogP contribution is -2.40. The highest BCUT2D eigenvalue weighted by Crippen LogP contribution is 2.19. The van der Waals surface area contributed by atoms with Gasteiger partial charge in [-0.1, -0.05) is 35.0 Å². The number of carbonyl (C=O) groups excluding carboxylic acids is 1. The summed E-state index contributed by atoms with van der Waals surface area (Å²) in [5.74, 6) is -0.0213. The fourth-order valence-corrected chi connectivity index (χ4v) is 3.50. The maximum atomic E-state index is 12.7. The maximum absolute atomic E-state index is 12.7. The van der Waals surface area contributed by atoms with Crippen molar-refractivity contribution in [3.8, 4) is 17.2 Å². The Balaban J connectivity index is 1.57. The van der Waals surface area contributed by atoms with E-state index in [4.69, 9.17) is 16.1 Å². The van der Waals surface area contributed by atoms with Crippen LogP contribution in [0.5, 0.6) is 0 Å². The highest BCUT2D eigenvalue weighted by Gasteiger charge is 2.20. The van der Waals surface area contributed by atoms with Crippen molar-refractivity contribution in [2.75, 3.05) is 11.9 Å². The summed E-state index contributed by atoms with van der Waals surface area (Å²) in [4.78, 5) is 43.7. The fraction of sp³-hybridized carbons (Fsp3) is 0.217. The van der Waals surface area contributed by atoms with Gasteiger partial charge in [0.25, 0.3) is 5.56 Å². The summed E-state index contributed by atoms with van der Waals surface area (Å²) in [7, 11) is 3.04. The number of para-hydroxylation sites is 1. The van der Waals surface area contributed by atoms with E-state index in [0.717, 1.165) is 20.5 Å². The van der Waals surface area contributed by atoms with Gasteiger partial charge in [-0.15, -0.1) is 0 Å². The van der Waals surface area contributed by atoms with E-state index in [1.54, 1.807) is 36.2 Å². The largest absolute Gasteiger partial charge is 0.351 e. The molecule has 2 heterocycles. The summed E-state index contributed by atoms with van der Waals surface area (Å²) in [5, 5.41) is 8.49. The number of hydrogen-bond donors (Lipinski definition) is 0. The van der Waals surface area contributed by atoms with Gasteiger partial charge in [0.1, 0.15) is 0 Å². The smallest absolute Gasteiger partial charge is 0.339 e. The lowest BCUT2D eigenvalue weighted by molar-refractivity contribution is -0.118. The van der Waals surface area contributed by atoms with Crippen molar-refractivity contribution in [3.63, 3.8) is 0 Å². The highest BCUT2D eigenvalue weighted by atomic mass is 35.5. The third-order valence-corrected chi connectivity index (χ3v) is 5.58. The Morgan fingerprint density at radius 3 is 2.53 bits per heavy atom. The van der Waals surface area contributed by atoms with Gasteiger partial charge in [0, 0.05) is 37.6 Å². The summed E-state index contributed by atoms with van der Waals surface area (Å²) < 4.78 is 7.21. The molecule has 0 bridgehead atoms. The van der Waals surface area contributed by atoms with Gasteiger partial charge in [0.05, 0.1) is 5.69 Å². The van der Waals surface area contributed by atoms with Crippen molar-refractivity contribution in [1.82, 2.24) is 24.5 Å². The first-order chi connectivity index (χ1) is 16.3. The summed E-state index contributed by atoms with van der Waals surface area (Å²) in [6.45, 7) is 1.93. The summed E-state index contributed by atoms with van der Waals surface area (Å²) in [6, 6.07) is 14.0. The van der Waals surface area contributed by atoms with Crippen molar-refractivity contribution in [3.05, 3.63) is 85.8 Å². The van der Waals surface area contributed by atoms with Crippen LogP contribution in [0.2, 0.25) is 5.02 Å². The molecule has 1 amide bonds. The van der Waals surface area contributed by atoms with Gasteiger partial charge >= 0.3 is 5.69 Å². The van der Waals surface area contributed by atoms with E-state index < -0.39 is 11.2 Å². The molecule has 0 saturated heterocycles. The molecule has 11 heteroatoms. The van der Waals surface area contributed by atoms with E-state index in [1.165, 1.54) is 7.05 Å². The average molecular weight is 481 g/mol. The van der Waals surface area contributed by atoms with Gasteiger partial charge in [0.2, 0.25) is 17.6 Å². The zero-order chi connectivity index (χ0) is 24.4. The van der Waals surface area contributed by atoms with Crippen LogP contribution in [0.1, 0.15) is 17.9 Å². The molecule has 2 aromatic carbocycles. The number of aryl methyl sites for hydroxylation is 2. The van der Waals surface area contributed by atoms with Crippen LogP contribution in [0.15, 0.2) is 62.6 Å². The Bertz CT molecular complexity index is 1470. The van der Waals surface area contributed by atoms with Crippen LogP contribution in [-0.4, -0.2) is 37.4 Å². The summed E-state index contributed by atoms with van der Waals surface area (Å²) in [6.07, 6.45) is 0.307. The summed E-state index contributed by atoms with van der Waals surface area (Å²) in [5.41, 5.74) is 0.754. The van der Waals surface area contributed by atoms with Crippen LogP contribution in [0.25, 0.3) is 17.2 Å². The molecule has 174 valence electrons. The minimum absolute atomic E-state index is 0.0713. The Hall–Kier alpha value is -4.05. The number of rotatable bonds is 6. The number of nitrogens with zero attached hydrogens (tertiary/aromatic N) is 6. The minimum Gasteiger partial charge on any atom is -0.339 e. The van der Waals surface area contributed by atoms with E-state index in [1.807, 2.05) is 31.2 Å². The van der Waals surface area contributed by atoms with Crippen LogP contribution in [-0.2, 0) is 18.3 Å². The molecular weight excluding hydrogens is 460 g/mol. The second-order valence-electron chi connectivity index (χ2n) is 7.63. The van der Waals surface area contributed by atoms with E-state index in [-0.39, 0.29) is 36.2 Å². The van der Waals surface area contributed by atoms with Gasteiger partial charge in [-0.2, -0.15) is 14.8 Å². The maximum Gasteiger partial charge on any atom is 0.351 e. The number of hydrogen-bond acceptors (Lipinski definition) is 7. The SMILES string of the molecule is Cc1ccccc1N(C)C(=O)CCc1nc(-c2nn(-c3ccc(Cl)cc3)c(=O)n(C)c2=O)no1. The van der Waals surface area contributed by atoms with E-state index in [9.17, 15) is 14.4 Å². The number of aromatic nitrogens is 5. The van der Waals surface area contributed by atoms with Gasteiger partial charge in [-0.05, 0) is 42.8 Å². The molecule has 0 radical (unpaired) electrons. The lowest BCUT2D eigenvalue weighted by Gasteiger charge is -2.19. The van der Waals surface area contributed by atoms with Crippen molar-refractivity contribution in [1.29, 1.82) is 0 Å². The first-order valence-corrected chi connectivity index (χ1v) is 10.8. The molecule has 4 aromatic rings. The topological polar surface area (TPSA) is 116 Å². The minimum atomic E-state index is -0.669. The molecule has 0 N–H and O–H groups in total. The van der Waals surface area contributed by atoms with Crippen molar-refractivity contribution < 1.29 is 9.32 Å². The first kappa shape index (κ1) is 23.1. The van der Waals surface area contributed by atoms with Crippen LogP contribution in [0, 0.1) is 6.92 Å². The molecular formula is C23H21ClN6O4. The number of amides is 1. The second-order valence-corrected chi connectivity index (χ2v) is 8.07. The first-order valence-electron chi connectivity index (χ1n) is 10.4. The fourth-order valence-electron chi connectivity index (χ4n) is 3.37. The molecule has 0 fully saturated rings. The van der Waals surface area contributed by atoms with Gasteiger partial charge in [-0.3, -0.25) is 14.2 Å². The average Bonchev–Trinajstić information content (AvgIpc) is 3.30. The predicted molar refractivity (Wildman–Crippen MR) is 126 cm³/mol. The van der Waals surface area contributed by atoms with E-state index in [2.05, 4.69) is 15.2 Å². The normalized spacial score (nSPS) is 10.9.